The smallest absolute Gasteiger partial charge is 0.228 e. The van der Waals surface area contributed by atoms with Crippen LogP contribution in [0.25, 0.3) is 0 Å². The van der Waals surface area contributed by atoms with Crippen molar-refractivity contribution in [3.05, 3.63) is 41.0 Å². The van der Waals surface area contributed by atoms with Crippen molar-refractivity contribution in [2.24, 2.45) is 4.99 Å². The molecular weight excluding hydrogens is 358 g/mol. The molecular formula is C20H31N5O3. The number of hydrogen-bond acceptors (Lipinski definition) is 6. The third-order valence-electron chi connectivity index (χ3n) is 3.86. The molecule has 0 spiro atoms. The normalized spacial score (nSPS) is 11.5. The Labute approximate surface area is 166 Å². The van der Waals surface area contributed by atoms with E-state index in [-0.39, 0.29) is 0 Å². The molecule has 2 N–H and O–H groups in total. The van der Waals surface area contributed by atoms with Crippen LogP contribution in [0.5, 0.6) is 5.75 Å². The van der Waals surface area contributed by atoms with Crippen LogP contribution < -0.4 is 15.4 Å². The van der Waals surface area contributed by atoms with Crippen LogP contribution in [0, 0.1) is 13.8 Å². The number of nitrogens with one attached hydrogen (secondary N) is 2. The third kappa shape index (κ3) is 7.56. The van der Waals surface area contributed by atoms with Gasteiger partial charge in [0.2, 0.25) is 5.89 Å². The maximum absolute atomic E-state index is 5.89. The fourth-order valence-electron chi connectivity index (χ4n) is 2.52. The molecule has 28 heavy (non-hydrogen) atoms. The van der Waals surface area contributed by atoms with E-state index < -0.39 is 0 Å². The molecule has 0 aliphatic heterocycles. The van der Waals surface area contributed by atoms with Crippen molar-refractivity contribution >= 4 is 5.96 Å². The summed E-state index contributed by atoms with van der Waals surface area (Å²) in [6.07, 6.45) is 0.640. The molecule has 0 aliphatic carbocycles. The molecule has 1 heterocycles. The van der Waals surface area contributed by atoms with Gasteiger partial charge >= 0.3 is 0 Å². The molecule has 2 rings (SSSR count). The summed E-state index contributed by atoms with van der Waals surface area (Å²) in [6.45, 7) is 11.6. The fourth-order valence-corrected chi connectivity index (χ4v) is 2.52. The van der Waals surface area contributed by atoms with E-state index in [0.29, 0.717) is 51.0 Å². The van der Waals surface area contributed by atoms with Gasteiger partial charge in [-0.05, 0) is 39.3 Å². The average molecular weight is 390 g/mol. The number of aromatic nitrogens is 2. The highest BCUT2D eigenvalue weighted by Crippen LogP contribution is 2.21. The Morgan fingerprint density at radius 3 is 2.75 bits per heavy atom. The lowest BCUT2D eigenvalue weighted by Gasteiger charge is -2.13. The van der Waals surface area contributed by atoms with Gasteiger partial charge in [-0.15, -0.1) is 0 Å². The molecule has 0 amide bonds. The lowest BCUT2D eigenvalue weighted by atomic mass is 10.1. The van der Waals surface area contributed by atoms with Crippen molar-refractivity contribution < 1.29 is 14.0 Å². The van der Waals surface area contributed by atoms with Crippen LogP contribution in [0.1, 0.15) is 36.7 Å². The van der Waals surface area contributed by atoms with E-state index in [9.17, 15) is 0 Å². The zero-order valence-electron chi connectivity index (χ0n) is 17.2. The summed E-state index contributed by atoms with van der Waals surface area (Å²) < 4.78 is 16.4. The summed E-state index contributed by atoms with van der Waals surface area (Å²) in [5, 5.41) is 10.3. The summed E-state index contributed by atoms with van der Waals surface area (Å²) in [4.78, 5) is 8.88. The monoisotopic (exact) mass is 389 g/mol. The first-order chi connectivity index (χ1) is 13.6. The Morgan fingerprint density at radius 1 is 1.18 bits per heavy atom. The minimum Gasteiger partial charge on any atom is -0.491 e. The van der Waals surface area contributed by atoms with Gasteiger partial charge in [0.05, 0.1) is 13.2 Å². The number of ether oxygens (including phenoxy) is 2. The van der Waals surface area contributed by atoms with Crippen LogP contribution in [-0.2, 0) is 17.7 Å². The summed E-state index contributed by atoms with van der Waals surface area (Å²) in [5.74, 6) is 2.84. The molecule has 2 aromatic rings. The number of benzene rings is 1. The minimum atomic E-state index is 0.513. The molecule has 0 saturated carbocycles. The Morgan fingerprint density at radius 2 is 2.04 bits per heavy atom. The van der Waals surface area contributed by atoms with Gasteiger partial charge in [-0.3, -0.25) is 0 Å². The van der Waals surface area contributed by atoms with Gasteiger partial charge in [0.25, 0.3) is 0 Å². The number of guanidine groups is 1. The average Bonchev–Trinajstić information content (AvgIpc) is 3.09. The molecule has 8 heteroatoms. The van der Waals surface area contributed by atoms with Crippen molar-refractivity contribution in [1.82, 2.24) is 20.8 Å². The summed E-state index contributed by atoms with van der Waals surface area (Å²) in [6, 6.07) is 6.16. The Kier molecular flexibility index (Phi) is 9.27. The number of rotatable bonds is 11. The molecule has 0 unspecified atom stereocenters. The van der Waals surface area contributed by atoms with Crippen LogP contribution in [0.4, 0.5) is 0 Å². The second kappa shape index (κ2) is 12.0. The van der Waals surface area contributed by atoms with Gasteiger partial charge in [-0.25, -0.2) is 4.99 Å². The fraction of sp³-hybridized carbons (Fsp3) is 0.550. The zero-order valence-corrected chi connectivity index (χ0v) is 17.2. The lowest BCUT2D eigenvalue weighted by Crippen LogP contribution is -2.38. The molecule has 0 atom stereocenters. The second-order valence-electron chi connectivity index (χ2n) is 6.26. The van der Waals surface area contributed by atoms with E-state index in [1.807, 2.05) is 33.8 Å². The van der Waals surface area contributed by atoms with Crippen LogP contribution in [0.2, 0.25) is 0 Å². The topological polar surface area (TPSA) is 93.8 Å². The summed E-state index contributed by atoms with van der Waals surface area (Å²) in [5.41, 5.74) is 2.19. The largest absolute Gasteiger partial charge is 0.491 e. The maximum atomic E-state index is 5.89. The van der Waals surface area contributed by atoms with Crippen molar-refractivity contribution in [3.8, 4) is 5.75 Å². The number of nitrogens with zero attached hydrogens (tertiary/aromatic N) is 3. The zero-order chi connectivity index (χ0) is 20.2. The highest BCUT2D eigenvalue weighted by molar-refractivity contribution is 5.79. The predicted molar refractivity (Wildman–Crippen MR) is 109 cm³/mol. The van der Waals surface area contributed by atoms with Crippen molar-refractivity contribution in [2.75, 3.05) is 32.9 Å². The molecule has 154 valence electrons. The van der Waals surface area contributed by atoms with E-state index in [1.54, 1.807) is 0 Å². The Hall–Kier alpha value is -2.61. The van der Waals surface area contributed by atoms with E-state index in [4.69, 9.17) is 14.0 Å². The van der Waals surface area contributed by atoms with Gasteiger partial charge in [0.15, 0.2) is 11.8 Å². The standard InChI is InChI=1S/C20H31N5O3/c1-5-21-20(22-10-9-19-24-16(4)25-28-19)23-14-17-8-7-15(3)13-18(17)27-12-11-26-6-2/h7-8,13H,5-6,9-12,14H2,1-4H3,(H2,21,22,23). The van der Waals surface area contributed by atoms with Crippen LogP contribution >= 0.6 is 0 Å². The molecule has 1 aromatic carbocycles. The number of aliphatic imine (C=N–C) groups is 1. The second-order valence-corrected chi connectivity index (χ2v) is 6.26. The van der Waals surface area contributed by atoms with Gasteiger partial charge in [0.1, 0.15) is 12.4 Å². The maximum Gasteiger partial charge on any atom is 0.228 e. The molecule has 0 radical (unpaired) electrons. The minimum absolute atomic E-state index is 0.513. The first-order valence-electron chi connectivity index (χ1n) is 9.73. The van der Waals surface area contributed by atoms with Crippen LogP contribution in [-0.4, -0.2) is 49.0 Å². The molecule has 0 bridgehead atoms. The number of hydrogen-bond donors (Lipinski definition) is 2. The van der Waals surface area contributed by atoms with E-state index in [1.165, 1.54) is 0 Å². The summed E-state index contributed by atoms with van der Waals surface area (Å²) in [7, 11) is 0. The van der Waals surface area contributed by atoms with Crippen molar-refractivity contribution in [1.29, 1.82) is 0 Å². The Balaban J connectivity index is 1.94. The summed E-state index contributed by atoms with van der Waals surface area (Å²) >= 11 is 0. The predicted octanol–water partition coefficient (Wildman–Crippen LogP) is 2.40. The van der Waals surface area contributed by atoms with Gasteiger partial charge in [-0.2, -0.15) is 4.98 Å². The van der Waals surface area contributed by atoms with Crippen LogP contribution in [0.15, 0.2) is 27.7 Å². The Bertz CT molecular complexity index is 745. The van der Waals surface area contributed by atoms with Gasteiger partial charge in [-0.1, -0.05) is 17.3 Å². The van der Waals surface area contributed by atoms with Gasteiger partial charge < -0.3 is 24.6 Å². The molecule has 0 fully saturated rings. The first kappa shape index (κ1) is 21.7. The highest BCUT2D eigenvalue weighted by atomic mass is 16.5. The van der Waals surface area contributed by atoms with Crippen molar-refractivity contribution in [3.63, 3.8) is 0 Å². The van der Waals surface area contributed by atoms with E-state index in [0.717, 1.165) is 29.4 Å². The van der Waals surface area contributed by atoms with Gasteiger partial charge in [0, 0.05) is 31.7 Å². The first-order valence-corrected chi connectivity index (χ1v) is 9.73. The SMILES string of the molecule is CCNC(=NCc1ccc(C)cc1OCCOCC)NCCc1nc(C)no1. The van der Waals surface area contributed by atoms with E-state index in [2.05, 4.69) is 37.9 Å². The molecule has 0 saturated heterocycles. The quantitative estimate of drug-likeness (QED) is 0.346. The molecule has 8 nitrogen and oxygen atoms in total. The number of aryl methyl sites for hydroxylation is 2. The van der Waals surface area contributed by atoms with Crippen LogP contribution in [0.3, 0.4) is 0 Å². The lowest BCUT2D eigenvalue weighted by molar-refractivity contribution is 0.110. The van der Waals surface area contributed by atoms with Crippen molar-refractivity contribution in [2.45, 2.75) is 40.7 Å². The molecule has 1 aromatic heterocycles. The highest BCUT2D eigenvalue weighted by Gasteiger charge is 2.06. The van der Waals surface area contributed by atoms with E-state index >= 15 is 0 Å². The third-order valence-corrected chi connectivity index (χ3v) is 3.86. The molecule has 0 aliphatic rings.